The molecule has 3 atom stereocenters. The molecule has 3 aliphatic carbocycles. The number of likely N-dealkylation sites (tertiary alicyclic amines) is 1. The van der Waals surface area contributed by atoms with Gasteiger partial charge in [-0.15, -0.1) is 0 Å². The van der Waals surface area contributed by atoms with E-state index in [0.29, 0.717) is 0 Å². The van der Waals surface area contributed by atoms with Gasteiger partial charge in [0.25, 0.3) is 0 Å². The fourth-order valence-corrected chi connectivity index (χ4v) is 5.19. The van der Waals surface area contributed by atoms with Crippen LogP contribution >= 0.6 is 0 Å². The van der Waals surface area contributed by atoms with Gasteiger partial charge in [-0.1, -0.05) is 48.5 Å². The van der Waals surface area contributed by atoms with Crippen molar-refractivity contribution < 1.29 is 19.5 Å². The van der Waals surface area contributed by atoms with Gasteiger partial charge in [0.1, 0.15) is 0 Å². The predicted molar refractivity (Wildman–Crippen MR) is 89.9 cm³/mol. The molecule has 2 amide bonds. The van der Waals surface area contributed by atoms with E-state index in [0.717, 1.165) is 27.2 Å². The summed E-state index contributed by atoms with van der Waals surface area (Å²) in [5.74, 6) is -3.71. The second-order valence-electron chi connectivity index (χ2n) is 7.31. The molecule has 0 N–H and O–H groups in total. The van der Waals surface area contributed by atoms with Crippen molar-refractivity contribution in [2.75, 3.05) is 0 Å². The average molecular weight is 346 g/mol. The van der Waals surface area contributed by atoms with Crippen LogP contribution in [0.5, 0.6) is 0 Å². The Bertz CT molecular complexity index is 866. The van der Waals surface area contributed by atoms with Crippen LogP contribution in [-0.2, 0) is 14.4 Å². The van der Waals surface area contributed by atoms with Crippen molar-refractivity contribution in [3.63, 3.8) is 0 Å². The van der Waals surface area contributed by atoms with E-state index >= 15 is 0 Å². The van der Waals surface area contributed by atoms with Crippen LogP contribution < -0.4 is 5.11 Å². The summed E-state index contributed by atoms with van der Waals surface area (Å²) in [6.45, 7) is 1.34. The maximum atomic E-state index is 13.1. The first-order valence-electron chi connectivity index (χ1n) is 8.77. The molecule has 1 fully saturated rings. The Hall–Kier alpha value is -2.95. The summed E-state index contributed by atoms with van der Waals surface area (Å²) in [4.78, 5) is 38.5. The molecule has 1 aliphatic heterocycles. The topological polar surface area (TPSA) is 77.5 Å². The van der Waals surface area contributed by atoms with Crippen molar-refractivity contribution in [2.45, 2.75) is 24.8 Å². The average Bonchev–Trinajstić information content (AvgIpc) is 2.92. The number of amides is 2. The van der Waals surface area contributed by atoms with E-state index in [1.165, 1.54) is 6.92 Å². The van der Waals surface area contributed by atoms with E-state index in [1.54, 1.807) is 0 Å². The first-order chi connectivity index (χ1) is 12.5. The van der Waals surface area contributed by atoms with E-state index in [9.17, 15) is 19.5 Å². The molecule has 2 aromatic rings. The third-order valence-corrected chi connectivity index (χ3v) is 6.21. The number of carbonyl (C=O) groups is 3. The van der Waals surface area contributed by atoms with Crippen LogP contribution in [0.4, 0.5) is 0 Å². The van der Waals surface area contributed by atoms with Crippen molar-refractivity contribution in [3.8, 4) is 0 Å². The zero-order chi connectivity index (χ0) is 18.2. The Balaban J connectivity index is 1.74. The van der Waals surface area contributed by atoms with Gasteiger partial charge in [0.05, 0.1) is 23.8 Å². The van der Waals surface area contributed by atoms with Crippen LogP contribution in [-0.4, -0.2) is 28.7 Å². The van der Waals surface area contributed by atoms with Gasteiger partial charge in [-0.25, -0.2) is 0 Å². The van der Waals surface area contributed by atoms with E-state index in [1.807, 2.05) is 48.5 Å². The van der Waals surface area contributed by atoms with Crippen LogP contribution in [0, 0.1) is 11.8 Å². The summed E-state index contributed by atoms with van der Waals surface area (Å²) in [6.07, 6.45) is 0. The lowest BCUT2D eigenvalue weighted by Gasteiger charge is -2.45. The van der Waals surface area contributed by atoms with E-state index in [4.69, 9.17) is 0 Å². The lowest BCUT2D eigenvalue weighted by Crippen LogP contribution is -2.49. The number of rotatable bonds is 2. The molecule has 0 radical (unpaired) electrons. The van der Waals surface area contributed by atoms with Gasteiger partial charge < -0.3 is 9.90 Å². The summed E-state index contributed by atoms with van der Waals surface area (Å²) < 4.78 is 0. The zero-order valence-electron chi connectivity index (χ0n) is 14.1. The third kappa shape index (κ3) is 1.68. The Kier molecular flexibility index (Phi) is 2.97. The van der Waals surface area contributed by atoms with Crippen LogP contribution in [0.25, 0.3) is 0 Å². The first-order valence-corrected chi connectivity index (χ1v) is 8.77. The lowest BCUT2D eigenvalue weighted by atomic mass is 9.55. The number of hydrogen-bond acceptors (Lipinski definition) is 4. The normalized spacial score (nSPS) is 29.2. The molecular formula is C21H16NO4-. The number of benzene rings is 2. The summed E-state index contributed by atoms with van der Waals surface area (Å²) in [7, 11) is 0. The highest BCUT2D eigenvalue weighted by Crippen LogP contribution is 2.61. The molecule has 5 nitrogen and oxygen atoms in total. The highest BCUT2D eigenvalue weighted by molar-refractivity contribution is 6.09. The molecule has 26 heavy (non-hydrogen) atoms. The molecule has 0 spiro atoms. The minimum atomic E-state index is -1.41. The zero-order valence-corrected chi connectivity index (χ0v) is 14.1. The molecule has 0 unspecified atom stereocenters. The van der Waals surface area contributed by atoms with Crippen molar-refractivity contribution >= 4 is 17.8 Å². The molecule has 4 aliphatic rings. The second-order valence-corrected chi connectivity index (χ2v) is 7.31. The van der Waals surface area contributed by atoms with Gasteiger partial charge in [0.15, 0.2) is 0 Å². The monoisotopic (exact) mass is 346 g/mol. The SMILES string of the molecule is C[C@@H](C(=O)[O-])N1C(=O)[C@H]2C3c4ccccc4C(c4ccccc43)[C@@H]2C1=O. The van der Waals surface area contributed by atoms with Crippen LogP contribution in [0.15, 0.2) is 48.5 Å². The molecule has 0 saturated carbocycles. The van der Waals surface area contributed by atoms with Gasteiger partial charge in [-0.05, 0) is 29.2 Å². The number of carboxylic acids is 1. The van der Waals surface area contributed by atoms with Crippen molar-refractivity contribution in [3.05, 3.63) is 70.8 Å². The highest BCUT2D eigenvalue weighted by atomic mass is 16.4. The molecule has 0 aromatic heterocycles. The van der Waals surface area contributed by atoms with Gasteiger partial charge in [0, 0.05) is 11.8 Å². The minimum Gasteiger partial charge on any atom is -0.548 e. The number of nitrogens with zero attached hydrogens (tertiary/aromatic N) is 1. The van der Waals surface area contributed by atoms with Crippen LogP contribution in [0.2, 0.25) is 0 Å². The predicted octanol–water partition coefficient (Wildman–Crippen LogP) is 1.02. The van der Waals surface area contributed by atoms with Gasteiger partial charge in [-0.3, -0.25) is 14.5 Å². The summed E-state index contributed by atoms with van der Waals surface area (Å²) in [5.41, 5.74) is 4.28. The van der Waals surface area contributed by atoms with E-state index < -0.39 is 35.7 Å². The van der Waals surface area contributed by atoms with Gasteiger partial charge in [-0.2, -0.15) is 0 Å². The number of hydrogen-bond donors (Lipinski definition) is 0. The smallest absolute Gasteiger partial charge is 0.234 e. The van der Waals surface area contributed by atoms with Gasteiger partial charge in [0.2, 0.25) is 11.8 Å². The molecule has 6 rings (SSSR count). The van der Waals surface area contributed by atoms with Crippen molar-refractivity contribution in [2.24, 2.45) is 11.8 Å². The molecule has 130 valence electrons. The molecule has 5 heteroatoms. The number of carbonyl (C=O) groups excluding carboxylic acids is 3. The number of carboxylic acid groups (broad SMARTS) is 1. The first kappa shape index (κ1) is 15.3. The molecule has 1 saturated heterocycles. The molecular weight excluding hydrogens is 330 g/mol. The van der Waals surface area contributed by atoms with Crippen LogP contribution in [0.3, 0.4) is 0 Å². The Morgan fingerprint density at radius 3 is 1.50 bits per heavy atom. The van der Waals surface area contributed by atoms with Gasteiger partial charge >= 0.3 is 0 Å². The van der Waals surface area contributed by atoms with E-state index in [-0.39, 0.29) is 11.8 Å². The maximum Gasteiger partial charge on any atom is 0.234 e. The minimum absolute atomic E-state index is 0.215. The number of aliphatic carboxylic acids is 1. The standard InChI is InChI=1S/C21H17NO4/c1-10(21(25)26)22-19(23)17-15-11-6-2-3-7-12(11)16(18(17)20(22)24)14-9-5-4-8-13(14)15/h2-10,15-18H,1H3,(H,25,26)/p-1/t10-,15?,16?,17-,18-/m0/s1. The van der Waals surface area contributed by atoms with E-state index in [2.05, 4.69) is 0 Å². The van der Waals surface area contributed by atoms with Crippen molar-refractivity contribution in [1.82, 2.24) is 4.90 Å². The quantitative estimate of drug-likeness (QED) is 0.761. The maximum absolute atomic E-state index is 13.1. The highest BCUT2D eigenvalue weighted by Gasteiger charge is 2.62. The number of imide groups is 1. The summed E-state index contributed by atoms with van der Waals surface area (Å²) in [5, 5.41) is 11.3. The summed E-state index contributed by atoms with van der Waals surface area (Å²) in [6, 6.07) is 14.6. The largest absolute Gasteiger partial charge is 0.548 e. The van der Waals surface area contributed by atoms with Crippen molar-refractivity contribution in [1.29, 1.82) is 0 Å². The Morgan fingerprint density at radius 1 is 0.846 bits per heavy atom. The second kappa shape index (κ2) is 5.04. The molecule has 2 bridgehead atoms. The molecule has 1 heterocycles. The Morgan fingerprint density at radius 2 is 1.19 bits per heavy atom. The van der Waals surface area contributed by atoms with Crippen LogP contribution in [0.1, 0.15) is 41.0 Å². The lowest BCUT2D eigenvalue weighted by molar-refractivity contribution is -0.310. The third-order valence-electron chi connectivity index (χ3n) is 6.21. The fraction of sp³-hybridized carbons (Fsp3) is 0.286. The summed E-state index contributed by atoms with van der Waals surface area (Å²) >= 11 is 0. The molecule has 2 aromatic carbocycles. The fourth-order valence-electron chi connectivity index (χ4n) is 5.19. The Labute approximate surface area is 150 Å².